The molecule has 0 spiro atoms. The molecule has 0 fully saturated rings. The highest BCUT2D eigenvalue weighted by Gasteiger charge is 2.17. The summed E-state index contributed by atoms with van der Waals surface area (Å²) in [5.41, 5.74) is 5.88. The number of aryl methyl sites for hydroxylation is 1. The highest BCUT2D eigenvalue weighted by molar-refractivity contribution is 6.31. The van der Waals surface area contributed by atoms with E-state index in [4.69, 9.17) is 26.1 Å². The van der Waals surface area contributed by atoms with E-state index < -0.39 is 5.97 Å². The van der Waals surface area contributed by atoms with Crippen LogP contribution >= 0.6 is 11.6 Å². The second-order valence-corrected chi connectivity index (χ2v) is 9.17. The summed E-state index contributed by atoms with van der Waals surface area (Å²) in [7, 11) is 0. The predicted octanol–water partition coefficient (Wildman–Crippen LogP) is 7.38. The lowest BCUT2D eigenvalue weighted by molar-refractivity contribution is 0.0697. The normalized spacial score (nSPS) is 11.1. The SMILES string of the molecule is CCCCCOc1ccc(Cn2c(OCC)nc3c(C)cc(-c4ccc(C(=O)O)cc4)cc32)c(Cl)c1. The Morgan fingerprint density at radius 2 is 1.78 bits per heavy atom. The van der Waals surface area contributed by atoms with Crippen molar-refractivity contribution in [2.24, 2.45) is 0 Å². The number of hydrogen-bond donors (Lipinski definition) is 1. The van der Waals surface area contributed by atoms with Gasteiger partial charge in [0.15, 0.2) is 0 Å². The van der Waals surface area contributed by atoms with Gasteiger partial charge in [-0.2, -0.15) is 4.98 Å². The smallest absolute Gasteiger partial charge is 0.335 e. The molecule has 3 aromatic carbocycles. The molecule has 7 heteroatoms. The topological polar surface area (TPSA) is 73.6 Å². The molecule has 0 amide bonds. The zero-order valence-corrected chi connectivity index (χ0v) is 21.6. The first-order valence-electron chi connectivity index (χ1n) is 12.3. The Balaban J connectivity index is 1.69. The molecule has 0 saturated heterocycles. The van der Waals surface area contributed by atoms with E-state index in [-0.39, 0.29) is 5.56 Å². The second kappa shape index (κ2) is 11.5. The molecule has 0 saturated carbocycles. The third-order valence-corrected chi connectivity index (χ3v) is 6.47. The average molecular weight is 507 g/mol. The van der Waals surface area contributed by atoms with Gasteiger partial charge in [0.05, 0.1) is 36.4 Å². The van der Waals surface area contributed by atoms with E-state index in [1.54, 1.807) is 12.1 Å². The summed E-state index contributed by atoms with van der Waals surface area (Å²) in [4.78, 5) is 16.0. The molecular formula is C29H31ClN2O4. The fraction of sp³-hybridized carbons (Fsp3) is 0.310. The van der Waals surface area contributed by atoms with Crippen LogP contribution in [0.2, 0.25) is 5.02 Å². The van der Waals surface area contributed by atoms with Crippen LogP contribution in [0.4, 0.5) is 0 Å². The number of carboxylic acids is 1. The van der Waals surface area contributed by atoms with Crippen molar-refractivity contribution in [1.82, 2.24) is 9.55 Å². The minimum Gasteiger partial charge on any atom is -0.494 e. The molecule has 36 heavy (non-hydrogen) atoms. The van der Waals surface area contributed by atoms with Crippen LogP contribution in [0.5, 0.6) is 11.8 Å². The Kier molecular flexibility index (Phi) is 8.16. The summed E-state index contributed by atoms with van der Waals surface area (Å²) >= 11 is 6.66. The van der Waals surface area contributed by atoms with Crippen LogP contribution in [0.25, 0.3) is 22.2 Å². The van der Waals surface area contributed by atoms with Gasteiger partial charge in [0, 0.05) is 5.02 Å². The van der Waals surface area contributed by atoms with E-state index in [2.05, 4.69) is 19.1 Å². The number of imidazole rings is 1. The Morgan fingerprint density at radius 3 is 2.44 bits per heavy atom. The monoisotopic (exact) mass is 506 g/mol. The molecule has 4 rings (SSSR count). The van der Waals surface area contributed by atoms with Crippen LogP contribution in [0.3, 0.4) is 0 Å². The summed E-state index contributed by atoms with van der Waals surface area (Å²) in [6.07, 6.45) is 3.32. The highest BCUT2D eigenvalue weighted by Crippen LogP contribution is 2.32. The fourth-order valence-electron chi connectivity index (χ4n) is 4.19. The second-order valence-electron chi connectivity index (χ2n) is 8.77. The molecule has 6 nitrogen and oxygen atoms in total. The highest BCUT2D eigenvalue weighted by atomic mass is 35.5. The van der Waals surface area contributed by atoms with Gasteiger partial charge >= 0.3 is 5.97 Å². The molecule has 188 valence electrons. The molecule has 0 unspecified atom stereocenters. The number of benzene rings is 3. The van der Waals surface area contributed by atoms with Gasteiger partial charge in [0.2, 0.25) is 0 Å². The molecule has 1 heterocycles. The zero-order valence-electron chi connectivity index (χ0n) is 20.9. The molecule has 0 aliphatic heterocycles. The minimum absolute atomic E-state index is 0.257. The lowest BCUT2D eigenvalue weighted by Gasteiger charge is -2.13. The van der Waals surface area contributed by atoms with E-state index in [9.17, 15) is 9.90 Å². The van der Waals surface area contributed by atoms with Crippen LogP contribution in [0.1, 0.15) is 54.6 Å². The van der Waals surface area contributed by atoms with Crippen LogP contribution in [-0.2, 0) is 6.54 Å². The van der Waals surface area contributed by atoms with Crippen molar-refractivity contribution in [3.63, 3.8) is 0 Å². The average Bonchev–Trinajstić information content (AvgIpc) is 3.21. The molecule has 1 aromatic heterocycles. The van der Waals surface area contributed by atoms with E-state index in [1.165, 1.54) is 0 Å². The summed E-state index contributed by atoms with van der Waals surface area (Å²) in [5.74, 6) is -0.176. The van der Waals surface area contributed by atoms with Gasteiger partial charge in [-0.25, -0.2) is 4.79 Å². The van der Waals surface area contributed by atoms with E-state index >= 15 is 0 Å². The molecule has 0 atom stereocenters. The van der Waals surface area contributed by atoms with Gasteiger partial charge in [-0.3, -0.25) is 4.57 Å². The Bertz CT molecular complexity index is 1360. The van der Waals surface area contributed by atoms with Crippen molar-refractivity contribution in [1.29, 1.82) is 0 Å². The minimum atomic E-state index is -0.943. The van der Waals surface area contributed by atoms with Crippen molar-refractivity contribution < 1.29 is 19.4 Å². The summed E-state index contributed by atoms with van der Waals surface area (Å²) in [6, 6.07) is 17.3. The number of unbranched alkanes of at least 4 members (excludes halogenated alkanes) is 2. The first kappa shape index (κ1) is 25.6. The number of halogens is 1. The maximum Gasteiger partial charge on any atom is 0.335 e. The molecule has 0 bridgehead atoms. The number of aromatic nitrogens is 2. The molecule has 0 aliphatic rings. The lowest BCUT2D eigenvalue weighted by Crippen LogP contribution is -2.06. The van der Waals surface area contributed by atoms with Crippen LogP contribution in [0, 0.1) is 6.92 Å². The summed E-state index contributed by atoms with van der Waals surface area (Å²) in [6.45, 7) is 7.78. The lowest BCUT2D eigenvalue weighted by atomic mass is 10.0. The molecular weight excluding hydrogens is 476 g/mol. The van der Waals surface area contributed by atoms with Gasteiger partial charge in [-0.1, -0.05) is 49.6 Å². The standard InChI is InChI=1S/C29H31ClN2O4/c1-4-6-7-14-36-24-13-12-22(25(30)17-24)18-32-26-16-23(20-8-10-21(11-9-20)28(33)34)15-19(3)27(26)31-29(32)35-5-2/h8-13,15-17H,4-7,14,18H2,1-3H3,(H,33,34). The van der Waals surface area contributed by atoms with Gasteiger partial charge in [0.1, 0.15) is 5.75 Å². The Hall–Kier alpha value is -3.51. The van der Waals surface area contributed by atoms with Crippen molar-refractivity contribution in [2.45, 2.75) is 46.6 Å². The third-order valence-electron chi connectivity index (χ3n) is 6.12. The van der Waals surface area contributed by atoms with Crippen molar-refractivity contribution in [2.75, 3.05) is 13.2 Å². The molecule has 1 N–H and O–H groups in total. The fourth-order valence-corrected chi connectivity index (χ4v) is 4.42. The molecule has 0 aliphatic carbocycles. The maximum absolute atomic E-state index is 11.2. The van der Waals surface area contributed by atoms with Gasteiger partial charge in [-0.15, -0.1) is 0 Å². The van der Waals surface area contributed by atoms with Crippen molar-refractivity contribution in [3.05, 3.63) is 76.3 Å². The number of fused-ring (bicyclic) bond motifs is 1. The predicted molar refractivity (Wildman–Crippen MR) is 144 cm³/mol. The van der Waals surface area contributed by atoms with Crippen molar-refractivity contribution >= 4 is 28.6 Å². The maximum atomic E-state index is 11.2. The van der Waals surface area contributed by atoms with E-state index in [0.717, 1.165) is 58.3 Å². The van der Waals surface area contributed by atoms with Crippen LogP contribution in [-0.4, -0.2) is 33.8 Å². The van der Waals surface area contributed by atoms with Crippen LogP contribution < -0.4 is 9.47 Å². The number of nitrogens with zero attached hydrogens (tertiary/aromatic N) is 2. The van der Waals surface area contributed by atoms with E-state index in [0.29, 0.717) is 30.8 Å². The number of aromatic carboxylic acids is 1. The largest absolute Gasteiger partial charge is 0.494 e. The van der Waals surface area contributed by atoms with Gasteiger partial charge < -0.3 is 14.6 Å². The van der Waals surface area contributed by atoms with Crippen molar-refractivity contribution in [3.8, 4) is 22.9 Å². The number of carboxylic acid groups (broad SMARTS) is 1. The molecule has 4 aromatic rings. The number of carbonyl (C=O) groups is 1. The Morgan fingerprint density at radius 1 is 1.00 bits per heavy atom. The first-order valence-corrected chi connectivity index (χ1v) is 12.7. The van der Waals surface area contributed by atoms with Gasteiger partial charge in [-0.05, 0) is 78.9 Å². The first-order chi connectivity index (χ1) is 17.4. The summed E-state index contributed by atoms with van der Waals surface area (Å²) in [5, 5.41) is 9.85. The molecule has 0 radical (unpaired) electrons. The third kappa shape index (κ3) is 5.65. The quantitative estimate of drug-likeness (QED) is 0.215. The van der Waals surface area contributed by atoms with E-state index in [1.807, 2.05) is 48.7 Å². The number of hydrogen-bond acceptors (Lipinski definition) is 4. The number of rotatable bonds is 11. The summed E-state index contributed by atoms with van der Waals surface area (Å²) < 4.78 is 13.8. The van der Waals surface area contributed by atoms with Gasteiger partial charge in [0.25, 0.3) is 6.01 Å². The Labute approximate surface area is 216 Å². The zero-order chi connectivity index (χ0) is 25.7. The number of ether oxygens (including phenoxy) is 2. The van der Waals surface area contributed by atoms with Crippen LogP contribution in [0.15, 0.2) is 54.6 Å².